The Morgan fingerprint density at radius 1 is 1.22 bits per heavy atom. The van der Waals surface area contributed by atoms with Gasteiger partial charge in [-0.15, -0.1) is 0 Å². The quantitative estimate of drug-likeness (QED) is 0.704. The standard InChI is InChI=1S/C14H20N2O2/c1-13(2,9-15)10-16-11(17)7-14(8-12(16)18)5-3-4-6-14/h3-8,10H2,1-2H3. The molecule has 1 heterocycles. The monoisotopic (exact) mass is 248 g/mol. The number of carbonyl (C=O) groups is 2. The molecule has 2 aliphatic rings. The maximum absolute atomic E-state index is 12.2. The van der Waals surface area contributed by atoms with Gasteiger partial charge in [-0.3, -0.25) is 14.5 Å². The van der Waals surface area contributed by atoms with Gasteiger partial charge in [-0.2, -0.15) is 5.26 Å². The van der Waals surface area contributed by atoms with Crippen LogP contribution in [-0.4, -0.2) is 23.3 Å². The van der Waals surface area contributed by atoms with Crippen LogP contribution < -0.4 is 0 Å². The van der Waals surface area contributed by atoms with Gasteiger partial charge in [0.2, 0.25) is 11.8 Å². The van der Waals surface area contributed by atoms with Crippen LogP contribution >= 0.6 is 0 Å². The van der Waals surface area contributed by atoms with Gasteiger partial charge < -0.3 is 0 Å². The lowest BCUT2D eigenvalue weighted by Crippen LogP contribution is -2.50. The molecule has 0 aromatic carbocycles. The Hall–Kier alpha value is -1.37. The fourth-order valence-electron chi connectivity index (χ4n) is 3.12. The number of hydrogen-bond acceptors (Lipinski definition) is 3. The summed E-state index contributed by atoms with van der Waals surface area (Å²) in [5, 5.41) is 9.00. The van der Waals surface area contributed by atoms with Gasteiger partial charge in [0.1, 0.15) is 0 Å². The minimum Gasteiger partial charge on any atom is -0.281 e. The lowest BCUT2D eigenvalue weighted by Gasteiger charge is -2.38. The van der Waals surface area contributed by atoms with Crippen molar-refractivity contribution < 1.29 is 9.59 Å². The maximum Gasteiger partial charge on any atom is 0.229 e. The summed E-state index contributed by atoms with van der Waals surface area (Å²) < 4.78 is 0. The summed E-state index contributed by atoms with van der Waals surface area (Å²) in [6.07, 6.45) is 5.23. The molecule has 0 unspecified atom stereocenters. The molecule has 4 heteroatoms. The molecular weight excluding hydrogens is 228 g/mol. The van der Waals surface area contributed by atoms with Crippen molar-refractivity contribution in [1.29, 1.82) is 5.26 Å². The zero-order valence-electron chi connectivity index (χ0n) is 11.2. The predicted molar refractivity (Wildman–Crippen MR) is 66.2 cm³/mol. The second-order valence-corrected chi connectivity index (χ2v) is 6.43. The number of nitrogens with zero attached hydrogens (tertiary/aromatic N) is 2. The van der Waals surface area contributed by atoms with E-state index in [1.165, 1.54) is 4.90 Å². The van der Waals surface area contributed by atoms with Gasteiger partial charge in [0.25, 0.3) is 0 Å². The van der Waals surface area contributed by atoms with Crippen LogP contribution in [0.15, 0.2) is 0 Å². The molecule has 1 spiro atoms. The minimum atomic E-state index is -0.661. The molecule has 0 radical (unpaired) electrons. The molecule has 0 atom stereocenters. The van der Waals surface area contributed by atoms with E-state index in [1.54, 1.807) is 13.8 Å². The molecule has 0 aromatic heterocycles. The van der Waals surface area contributed by atoms with Crippen molar-refractivity contribution in [3.05, 3.63) is 0 Å². The Morgan fingerprint density at radius 2 is 1.72 bits per heavy atom. The average Bonchev–Trinajstić information content (AvgIpc) is 2.72. The summed E-state index contributed by atoms with van der Waals surface area (Å²) in [7, 11) is 0. The number of carbonyl (C=O) groups excluding carboxylic acids is 2. The van der Waals surface area contributed by atoms with Crippen LogP contribution in [0.1, 0.15) is 52.4 Å². The van der Waals surface area contributed by atoms with Crippen LogP contribution in [0.4, 0.5) is 0 Å². The zero-order chi connectivity index (χ0) is 13.4. The molecule has 2 amide bonds. The van der Waals surface area contributed by atoms with Crippen LogP contribution in [0.25, 0.3) is 0 Å². The Morgan fingerprint density at radius 3 is 2.17 bits per heavy atom. The highest BCUT2D eigenvalue weighted by atomic mass is 16.2. The molecule has 2 rings (SSSR count). The largest absolute Gasteiger partial charge is 0.281 e. The van der Waals surface area contributed by atoms with Crippen molar-refractivity contribution in [2.45, 2.75) is 52.4 Å². The topological polar surface area (TPSA) is 61.2 Å². The smallest absolute Gasteiger partial charge is 0.229 e. The first-order chi connectivity index (χ1) is 8.37. The highest BCUT2D eigenvalue weighted by molar-refractivity contribution is 5.98. The first-order valence-electron chi connectivity index (χ1n) is 6.62. The molecule has 18 heavy (non-hydrogen) atoms. The van der Waals surface area contributed by atoms with E-state index in [2.05, 4.69) is 6.07 Å². The van der Waals surface area contributed by atoms with Crippen LogP contribution in [-0.2, 0) is 9.59 Å². The van der Waals surface area contributed by atoms with E-state index in [-0.39, 0.29) is 23.8 Å². The van der Waals surface area contributed by atoms with Crippen LogP contribution in [0.3, 0.4) is 0 Å². The van der Waals surface area contributed by atoms with Gasteiger partial charge in [-0.05, 0) is 32.1 Å². The number of likely N-dealkylation sites (tertiary alicyclic amines) is 1. The molecule has 1 saturated heterocycles. The molecule has 1 aliphatic carbocycles. The number of rotatable bonds is 2. The first kappa shape index (κ1) is 13.1. The minimum absolute atomic E-state index is 0.0541. The lowest BCUT2D eigenvalue weighted by atomic mass is 9.76. The summed E-state index contributed by atoms with van der Waals surface area (Å²) in [4.78, 5) is 25.6. The molecule has 0 aromatic rings. The summed E-state index contributed by atoms with van der Waals surface area (Å²) in [5.74, 6) is -0.173. The maximum atomic E-state index is 12.2. The van der Waals surface area contributed by atoms with E-state index < -0.39 is 5.41 Å². The van der Waals surface area contributed by atoms with Crippen molar-refractivity contribution in [2.75, 3.05) is 6.54 Å². The van der Waals surface area contributed by atoms with Crippen molar-refractivity contribution >= 4 is 11.8 Å². The highest BCUT2D eigenvalue weighted by Gasteiger charge is 2.45. The average molecular weight is 248 g/mol. The number of amides is 2. The van der Waals surface area contributed by atoms with Gasteiger partial charge in [-0.25, -0.2) is 0 Å². The molecule has 0 N–H and O–H groups in total. The van der Waals surface area contributed by atoms with E-state index in [4.69, 9.17) is 5.26 Å². The second kappa shape index (κ2) is 4.38. The molecule has 2 fully saturated rings. The molecule has 0 bridgehead atoms. The van der Waals surface area contributed by atoms with Gasteiger partial charge in [0, 0.05) is 19.4 Å². The number of nitriles is 1. The molecule has 98 valence electrons. The predicted octanol–water partition coefficient (Wildman–Crippen LogP) is 2.25. The molecule has 4 nitrogen and oxygen atoms in total. The van der Waals surface area contributed by atoms with Gasteiger partial charge >= 0.3 is 0 Å². The fraction of sp³-hybridized carbons (Fsp3) is 0.786. The van der Waals surface area contributed by atoms with E-state index in [0.29, 0.717) is 12.8 Å². The zero-order valence-corrected chi connectivity index (χ0v) is 11.2. The molecule has 1 saturated carbocycles. The summed E-state index contributed by atoms with van der Waals surface area (Å²) in [5.41, 5.74) is -0.715. The van der Waals surface area contributed by atoms with Crippen LogP contribution in [0.5, 0.6) is 0 Å². The third-order valence-electron chi connectivity index (χ3n) is 4.17. The van der Waals surface area contributed by atoms with Gasteiger partial charge in [-0.1, -0.05) is 12.8 Å². The Balaban J connectivity index is 2.10. The number of hydrogen-bond donors (Lipinski definition) is 0. The molecular formula is C14H20N2O2. The van der Waals surface area contributed by atoms with E-state index in [1.807, 2.05) is 0 Å². The number of imide groups is 1. The van der Waals surface area contributed by atoms with Gasteiger partial charge in [0.15, 0.2) is 0 Å². The summed E-state index contributed by atoms with van der Waals surface area (Å²) in [6.45, 7) is 3.73. The lowest BCUT2D eigenvalue weighted by molar-refractivity contribution is -0.154. The Labute approximate surface area is 108 Å². The van der Waals surface area contributed by atoms with Crippen molar-refractivity contribution in [3.63, 3.8) is 0 Å². The summed E-state index contributed by atoms with van der Waals surface area (Å²) in [6, 6.07) is 2.14. The van der Waals surface area contributed by atoms with Crippen LogP contribution in [0, 0.1) is 22.2 Å². The fourth-order valence-corrected chi connectivity index (χ4v) is 3.12. The van der Waals surface area contributed by atoms with Crippen molar-refractivity contribution in [2.24, 2.45) is 10.8 Å². The van der Waals surface area contributed by atoms with E-state index in [9.17, 15) is 9.59 Å². The number of piperidine rings is 1. The van der Waals surface area contributed by atoms with Crippen molar-refractivity contribution in [1.82, 2.24) is 4.90 Å². The summed E-state index contributed by atoms with van der Waals surface area (Å²) >= 11 is 0. The van der Waals surface area contributed by atoms with E-state index in [0.717, 1.165) is 25.7 Å². The Kier molecular flexibility index (Phi) is 3.18. The highest BCUT2D eigenvalue weighted by Crippen LogP contribution is 2.47. The first-order valence-corrected chi connectivity index (χ1v) is 6.62. The Bertz CT molecular complexity index is 394. The molecule has 1 aliphatic heterocycles. The van der Waals surface area contributed by atoms with E-state index >= 15 is 0 Å². The van der Waals surface area contributed by atoms with Crippen LogP contribution in [0.2, 0.25) is 0 Å². The third-order valence-corrected chi connectivity index (χ3v) is 4.17. The SMILES string of the molecule is CC(C)(C#N)CN1C(=O)CC2(CCCC2)CC1=O. The van der Waals surface area contributed by atoms with Gasteiger partial charge in [0.05, 0.1) is 11.5 Å². The normalized spacial score (nSPS) is 23.5. The second-order valence-electron chi connectivity index (χ2n) is 6.43. The van der Waals surface area contributed by atoms with Crippen molar-refractivity contribution in [3.8, 4) is 6.07 Å². The third kappa shape index (κ3) is 2.40.